The van der Waals surface area contributed by atoms with Crippen molar-refractivity contribution in [2.24, 2.45) is 0 Å². The maximum atomic E-state index is 10.9. The largest absolute Gasteiger partial charge is 0.469 e. The molecule has 0 aromatic rings. The first kappa shape index (κ1) is 10.3. The molecule has 0 aromatic carbocycles. The predicted octanol–water partition coefficient (Wildman–Crippen LogP) is 1.25. The minimum atomic E-state index is -0.147. The minimum Gasteiger partial charge on any atom is -0.469 e. The van der Waals surface area contributed by atoms with Crippen LogP contribution in [0.2, 0.25) is 0 Å². The molecule has 1 N–H and O–H groups in total. The summed E-state index contributed by atoms with van der Waals surface area (Å²) in [6.07, 6.45) is 6.94. The van der Waals surface area contributed by atoms with E-state index in [4.69, 9.17) is 0 Å². The lowest BCUT2D eigenvalue weighted by Gasteiger charge is -2.17. The topological polar surface area (TPSA) is 38.3 Å². The van der Waals surface area contributed by atoms with Crippen LogP contribution in [0.4, 0.5) is 0 Å². The van der Waals surface area contributed by atoms with Crippen LogP contribution in [0.1, 0.15) is 26.2 Å². The molecule has 0 amide bonds. The van der Waals surface area contributed by atoms with Gasteiger partial charge in [0.15, 0.2) is 0 Å². The molecule has 13 heavy (non-hydrogen) atoms. The van der Waals surface area contributed by atoms with E-state index in [0.717, 1.165) is 12.8 Å². The van der Waals surface area contributed by atoms with Gasteiger partial charge in [-0.2, -0.15) is 0 Å². The summed E-state index contributed by atoms with van der Waals surface area (Å²) in [6, 6.07) is 0.719. The molecule has 0 aromatic heterocycles. The van der Waals surface area contributed by atoms with E-state index in [9.17, 15) is 4.79 Å². The van der Waals surface area contributed by atoms with Crippen molar-refractivity contribution in [1.82, 2.24) is 5.32 Å². The van der Waals surface area contributed by atoms with E-state index in [1.54, 1.807) is 0 Å². The van der Waals surface area contributed by atoms with Crippen molar-refractivity contribution < 1.29 is 9.53 Å². The van der Waals surface area contributed by atoms with Crippen molar-refractivity contribution >= 4 is 5.97 Å². The Morgan fingerprint density at radius 1 is 1.62 bits per heavy atom. The molecule has 1 aliphatic carbocycles. The van der Waals surface area contributed by atoms with Gasteiger partial charge in [0.05, 0.1) is 13.5 Å². The van der Waals surface area contributed by atoms with Crippen molar-refractivity contribution in [1.29, 1.82) is 0 Å². The van der Waals surface area contributed by atoms with Gasteiger partial charge in [0.2, 0.25) is 0 Å². The fourth-order valence-corrected chi connectivity index (χ4v) is 1.55. The van der Waals surface area contributed by atoms with Crippen LogP contribution in [0.25, 0.3) is 0 Å². The van der Waals surface area contributed by atoms with Gasteiger partial charge < -0.3 is 10.1 Å². The van der Waals surface area contributed by atoms with Gasteiger partial charge in [-0.15, -0.1) is 0 Å². The normalized spacial score (nSPS) is 18.9. The van der Waals surface area contributed by atoms with Crippen molar-refractivity contribution in [3.05, 3.63) is 12.2 Å². The zero-order chi connectivity index (χ0) is 9.68. The number of nitrogens with one attached hydrogen (secondary N) is 1. The highest BCUT2D eigenvalue weighted by atomic mass is 16.5. The molecule has 0 fully saturated rings. The van der Waals surface area contributed by atoms with Crippen LogP contribution in [0.3, 0.4) is 0 Å². The third-order valence-electron chi connectivity index (χ3n) is 2.23. The van der Waals surface area contributed by atoms with E-state index < -0.39 is 0 Å². The molecule has 0 heterocycles. The second-order valence-electron chi connectivity index (χ2n) is 3.49. The first-order valence-corrected chi connectivity index (χ1v) is 4.70. The zero-order valence-electron chi connectivity index (χ0n) is 8.25. The summed E-state index contributed by atoms with van der Waals surface area (Å²) in [7, 11) is 1.42. The summed E-state index contributed by atoms with van der Waals surface area (Å²) < 4.78 is 4.59. The second-order valence-corrected chi connectivity index (χ2v) is 3.49. The minimum absolute atomic E-state index is 0.147. The molecular weight excluding hydrogens is 166 g/mol. The highest BCUT2D eigenvalue weighted by Gasteiger charge is 2.15. The molecule has 0 radical (unpaired) electrons. The zero-order valence-corrected chi connectivity index (χ0v) is 8.25. The summed E-state index contributed by atoms with van der Waals surface area (Å²) in [5, 5.41) is 3.38. The standard InChI is InChI=1S/C10H17NO2/c1-8(7-10(12)13-2)11-9-5-3-4-6-9/h3-4,8-9,11H,5-7H2,1-2H3. The van der Waals surface area contributed by atoms with E-state index in [1.165, 1.54) is 7.11 Å². The van der Waals surface area contributed by atoms with Crippen molar-refractivity contribution in [3.8, 4) is 0 Å². The summed E-state index contributed by atoms with van der Waals surface area (Å²) in [4.78, 5) is 10.9. The summed E-state index contributed by atoms with van der Waals surface area (Å²) in [6.45, 7) is 2.01. The smallest absolute Gasteiger partial charge is 0.307 e. The molecule has 0 saturated heterocycles. The van der Waals surface area contributed by atoms with E-state index in [0.29, 0.717) is 12.5 Å². The van der Waals surface area contributed by atoms with Gasteiger partial charge in [-0.3, -0.25) is 4.79 Å². The van der Waals surface area contributed by atoms with E-state index in [2.05, 4.69) is 22.2 Å². The SMILES string of the molecule is COC(=O)CC(C)NC1CC=CC1. The molecule has 74 valence electrons. The number of carbonyl (C=O) groups is 1. The number of hydrogen-bond donors (Lipinski definition) is 1. The molecule has 0 aliphatic heterocycles. The summed E-state index contributed by atoms with van der Waals surface area (Å²) in [5.41, 5.74) is 0. The molecule has 1 aliphatic rings. The van der Waals surface area contributed by atoms with E-state index >= 15 is 0 Å². The van der Waals surface area contributed by atoms with Crippen LogP contribution < -0.4 is 5.32 Å². The number of ether oxygens (including phenoxy) is 1. The molecule has 0 spiro atoms. The van der Waals surface area contributed by atoms with Crippen molar-refractivity contribution in [3.63, 3.8) is 0 Å². The summed E-state index contributed by atoms with van der Waals surface area (Å²) in [5.74, 6) is -0.147. The molecule has 0 saturated carbocycles. The van der Waals surface area contributed by atoms with Crippen LogP contribution in [0, 0.1) is 0 Å². The van der Waals surface area contributed by atoms with E-state index in [1.807, 2.05) is 6.92 Å². The van der Waals surface area contributed by atoms with Crippen LogP contribution in [0.5, 0.6) is 0 Å². The first-order valence-electron chi connectivity index (χ1n) is 4.70. The number of hydrogen-bond acceptors (Lipinski definition) is 3. The molecule has 1 unspecified atom stereocenters. The Hall–Kier alpha value is -0.830. The van der Waals surface area contributed by atoms with Gasteiger partial charge in [-0.25, -0.2) is 0 Å². The van der Waals surface area contributed by atoms with Gasteiger partial charge in [-0.1, -0.05) is 12.2 Å². The monoisotopic (exact) mass is 183 g/mol. The van der Waals surface area contributed by atoms with Crippen LogP contribution in [0.15, 0.2) is 12.2 Å². The average molecular weight is 183 g/mol. The molecule has 0 bridgehead atoms. The Bertz CT molecular complexity index is 193. The van der Waals surface area contributed by atoms with Crippen LogP contribution in [-0.2, 0) is 9.53 Å². The third kappa shape index (κ3) is 3.59. The van der Waals surface area contributed by atoms with Gasteiger partial charge in [0.1, 0.15) is 0 Å². The van der Waals surface area contributed by atoms with Gasteiger partial charge in [0, 0.05) is 12.1 Å². The number of carbonyl (C=O) groups excluding carboxylic acids is 1. The van der Waals surface area contributed by atoms with E-state index in [-0.39, 0.29) is 12.0 Å². The lowest BCUT2D eigenvalue weighted by molar-refractivity contribution is -0.141. The third-order valence-corrected chi connectivity index (χ3v) is 2.23. The van der Waals surface area contributed by atoms with Crippen molar-refractivity contribution in [2.45, 2.75) is 38.3 Å². The van der Waals surface area contributed by atoms with Crippen LogP contribution >= 0.6 is 0 Å². The second kappa shape index (κ2) is 5.02. The molecule has 1 atom stereocenters. The predicted molar refractivity (Wildman–Crippen MR) is 51.4 cm³/mol. The highest BCUT2D eigenvalue weighted by Crippen LogP contribution is 2.10. The van der Waals surface area contributed by atoms with Gasteiger partial charge in [-0.05, 0) is 19.8 Å². The Kier molecular flexibility index (Phi) is 3.96. The van der Waals surface area contributed by atoms with Gasteiger partial charge >= 0.3 is 5.97 Å². The number of rotatable bonds is 4. The lowest BCUT2D eigenvalue weighted by Crippen LogP contribution is -2.36. The summed E-state index contributed by atoms with van der Waals surface area (Å²) >= 11 is 0. The van der Waals surface area contributed by atoms with Crippen LogP contribution in [-0.4, -0.2) is 25.2 Å². The Balaban J connectivity index is 2.17. The molecule has 3 heteroatoms. The Morgan fingerprint density at radius 3 is 2.77 bits per heavy atom. The highest BCUT2D eigenvalue weighted by molar-refractivity contribution is 5.69. The average Bonchev–Trinajstić information content (AvgIpc) is 2.56. The maximum Gasteiger partial charge on any atom is 0.307 e. The Labute approximate surface area is 79.2 Å². The fraction of sp³-hybridized carbons (Fsp3) is 0.700. The lowest BCUT2D eigenvalue weighted by atomic mass is 10.1. The van der Waals surface area contributed by atoms with Gasteiger partial charge in [0.25, 0.3) is 0 Å². The number of methoxy groups -OCH3 is 1. The fourth-order valence-electron chi connectivity index (χ4n) is 1.55. The number of esters is 1. The quantitative estimate of drug-likeness (QED) is 0.526. The molecule has 3 nitrogen and oxygen atoms in total. The van der Waals surface area contributed by atoms with Crippen molar-refractivity contribution in [2.75, 3.05) is 7.11 Å². The molecular formula is C10H17NO2. The molecule has 1 rings (SSSR count). The Morgan fingerprint density at radius 2 is 2.23 bits per heavy atom. The maximum absolute atomic E-state index is 10.9. The first-order chi connectivity index (χ1) is 6.22.